The van der Waals surface area contributed by atoms with Crippen molar-refractivity contribution in [1.82, 2.24) is 0 Å². The molecule has 0 rings (SSSR count). The molecule has 0 aromatic heterocycles. The number of aliphatic hydroxyl groups excluding tert-OH is 1. The van der Waals surface area contributed by atoms with Gasteiger partial charge in [-0.25, -0.2) is 14.4 Å². The van der Waals surface area contributed by atoms with Crippen LogP contribution >= 0.6 is 0 Å². The minimum Gasteiger partial charge on any atom is -0.392 e. The highest BCUT2D eigenvalue weighted by atomic mass is 16.6. The molecule has 0 bridgehead atoms. The fourth-order valence-corrected chi connectivity index (χ4v) is 1.62. The summed E-state index contributed by atoms with van der Waals surface area (Å²) in [5, 5.41) is 9.54. The zero-order chi connectivity index (χ0) is 19.4. The first-order valence-electron chi connectivity index (χ1n) is 7.82. The second-order valence-corrected chi connectivity index (χ2v) is 5.33. The molecule has 0 amide bonds. The Morgan fingerprint density at radius 3 is 1.68 bits per heavy atom. The molecule has 0 aromatic rings. The Balaban J connectivity index is 4.31. The van der Waals surface area contributed by atoms with E-state index in [1.807, 2.05) is 0 Å². The molecular formula is C14H26N4O7. The molecule has 9 N–H and O–H groups in total. The number of nitrogens with two attached hydrogens (primary N) is 4. The summed E-state index contributed by atoms with van der Waals surface area (Å²) in [6.07, 6.45) is -1.51. The van der Waals surface area contributed by atoms with E-state index in [4.69, 9.17) is 22.9 Å². The van der Waals surface area contributed by atoms with Crippen molar-refractivity contribution in [2.24, 2.45) is 22.9 Å². The van der Waals surface area contributed by atoms with Crippen LogP contribution in [0, 0.1) is 0 Å². The maximum absolute atomic E-state index is 11.5. The molecule has 1 unspecified atom stereocenters. The van der Waals surface area contributed by atoms with Crippen molar-refractivity contribution in [3.8, 4) is 0 Å². The normalized spacial score (nSPS) is 14.3. The smallest absolute Gasteiger partial charge is 0.343 e. The van der Waals surface area contributed by atoms with Crippen LogP contribution in [0.5, 0.6) is 0 Å². The largest absolute Gasteiger partial charge is 0.392 e. The summed E-state index contributed by atoms with van der Waals surface area (Å²) in [6, 6.07) is -2.12. The van der Waals surface area contributed by atoms with Crippen LogP contribution in [0.4, 0.5) is 0 Å². The predicted molar refractivity (Wildman–Crippen MR) is 85.3 cm³/mol. The molecule has 0 heterocycles. The van der Waals surface area contributed by atoms with E-state index in [9.17, 15) is 24.3 Å². The fraction of sp³-hybridized carbons (Fsp3) is 0.714. The van der Waals surface area contributed by atoms with Crippen molar-refractivity contribution in [1.29, 1.82) is 0 Å². The average Bonchev–Trinajstić information content (AvgIpc) is 2.56. The lowest BCUT2D eigenvalue weighted by Crippen LogP contribution is -2.38. The summed E-state index contributed by atoms with van der Waals surface area (Å²) in [4.78, 5) is 46.0. The molecule has 3 atom stereocenters. The summed E-state index contributed by atoms with van der Waals surface area (Å²) in [6.45, 7) is 0.631. The molecule has 0 aliphatic carbocycles. The molecule has 0 aliphatic heterocycles. The van der Waals surface area contributed by atoms with E-state index in [-0.39, 0.29) is 12.8 Å². The standard InChI is InChI=1S/C14H26N4O7/c15-5-1-3-8(17)12(21)24-11(20)7-10(19)14(23)25-13(22)9(18)4-2-6-16/h8-10,19H,1-7,15-18H2/t8-,9-,10?/m1/s1. The highest BCUT2D eigenvalue weighted by molar-refractivity contribution is 5.94. The van der Waals surface area contributed by atoms with Gasteiger partial charge in [0.2, 0.25) is 0 Å². The van der Waals surface area contributed by atoms with E-state index in [0.29, 0.717) is 25.9 Å². The summed E-state index contributed by atoms with van der Waals surface area (Å²) < 4.78 is 8.75. The topological polar surface area (TPSA) is 211 Å². The van der Waals surface area contributed by atoms with Crippen molar-refractivity contribution < 1.29 is 33.8 Å². The zero-order valence-electron chi connectivity index (χ0n) is 13.9. The monoisotopic (exact) mass is 362 g/mol. The third-order valence-electron chi connectivity index (χ3n) is 3.09. The van der Waals surface area contributed by atoms with Crippen LogP contribution in [0.25, 0.3) is 0 Å². The summed E-state index contributed by atoms with van der Waals surface area (Å²) in [7, 11) is 0. The first-order chi connectivity index (χ1) is 11.7. The Bertz CT molecular complexity index is 472. The van der Waals surface area contributed by atoms with Crippen LogP contribution in [0.2, 0.25) is 0 Å². The molecule has 25 heavy (non-hydrogen) atoms. The van der Waals surface area contributed by atoms with Crippen molar-refractivity contribution in [2.45, 2.75) is 50.3 Å². The van der Waals surface area contributed by atoms with E-state index in [0.717, 1.165) is 0 Å². The molecule has 0 fully saturated rings. The quantitative estimate of drug-likeness (QED) is 0.185. The number of carbonyl (C=O) groups is 4. The Morgan fingerprint density at radius 1 is 0.800 bits per heavy atom. The number of rotatable bonds is 11. The SMILES string of the molecule is NCCC[C@@H](N)C(=O)OC(=O)CC(O)C(=O)OC(=O)[C@H](N)CCCN. The Labute approximate surface area is 145 Å². The van der Waals surface area contributed by atoms with Crippen LogP contribution in [-0.4, -0.2) is 60.3 Å². The zero-order valence-corrected chi connectivity index (χ0v) is 13.9. The average molecular weight is 362 g/mol. The highest BCUT2D eigenvalue weighted by Crippen LogP contribution is 2.03. The highest BCUT2D eigenvalue weighted by Gasteiger charge is 2.28. The van der Waals surface area contributed by atoms with Gasteiger partial charge >= 0.3 is 23.9 Å². The van der Waals surface area contributed by atoms with E-state index < -0.39 is 48.5 Å². The third kappa shape index (κ3) is 9.84. The van der Waals surface area contributed by atoms with Gasteiger partial charge in [0.25, 0.3) is 0 Å². The second kappa shape index (κ2) is 12.4. The van der Waals surface area contributed by atoms with Crippen LogP contribution in [0.3, 0.4) is 0 Å². The van der Waals surface area contributed by atoms with Gasteiger partial charge in [-0.2, -0.15) is 0 Å². The molecule has 0 spiro atoms. The van der Waals surface area contributed by atoms with E-state index >= 15 is 0 Å². The molecular weight excluding hydrogens is 336 g/mol. The summed E-state index contributed by atoms with van der Waals surface area (Å²) >= 11 is 0. The molecule has 11 nitrogen and oxygen atoms in total. The maximum Gasteiger partial charge on any atom is 0.343 e. The number of hydrogen-bond donors (Lipinski definition) is 5. The molecule has 0 aliphatic rings. The van der Waals surface area contributed by atoms with Crippen molar-refractivity contribution in [3.05, 3.63) is 0 Å². The summed E-state index contributed by atoms with van der Waals surface area (Å²) in [5.41, 5.74) is 21.5. The van der Waals surface area contributed by atoms with Gasteiger partial charge in [-0.1, -0.05) is 0 Å². The first-order valence-corrected chi connectivity index (χ1v) is 7.82. The maximum atomic E-state index is 11.5. The number of ether oxygens (including phenoxy) is 2. The van der Waals surface area contributed by atoms with Crippen LogP contribution in [0.15, 0.2) is 0 Å². The van der Waals surface area contributed by atoms with Gasteiger partial charge in [0.05, 0.1) is 6.42 Å². The van der Waals surface area contributed by atoms with E-state index in [2.05, 4.69) is 9.47 Å². The number of aliphatic hydroxyl groups is 1. The minimum atomic E-state index is -1.98. The van der Waals surface area contributed by atoms with Crippen LogP contribution < -0.4 is 22.9 Å². The van der Waals surface area contributed by atoms with Crippen LogP contribution in [0.1, 0.15) is 32.1 Å². The van der Waals surface area contributed by atoms with Gasteiger partial charge in [0.15, 0.2) is 6.10 Å². The minimum absolute atomic E-state index is 0.204. The van der Waals surface area contributed by atoms with E-state index in [1.165, 1.54) is 0 Å². The fourth-order valence-electron chi connectivity index (χ4n) is 1.62. The number of hydrogen-bond acceptors (Lipinski definition) is 11. The lowest BCUT2D eigenvalue weighted by Gasteiger charge is -2.13. The Kier molecular flexibility index (Phi) is 11.5. The molecule has 144 valence electrons. The number of carbonyl (C=O) groups excluding carboxylic acids is 4. The van der Waals surface area contributed by atoms with Crippen molar-refractivity contribution >= 4 is 23.9 Å². The molecule has 0 radical (unpaired) electrons. The van der Waals surface area contributed by atoms with Crippen molar-refractivity contribution in [3.63, 3.8) is 0 Å². The lowest BCUT2D eigenvalue weighted by molar-refractivity contribution is -0.172. The first kappa shape index (κ1) is 23.1. The van der Waals surface area contributed by atoms with Crippen molar-refractivity contribution in [2.75, 3.05) is 13.1 Å². The lowest BCUT2D eigenvalue weighted by atomic mass is 10.1. The van der Waals surface area contributed by atoms with Crippen LogP contribution in [-0.2, 0) is 28.7 Å². The number of esters is 4. The van der Waals surface area contributed by atoms with Gasteiger partial charge in [0.1, 0.15) is 12.1 Å². The molecule has 0 saturated carbocycles. The molecule has 0 saturated heterocycles. The molecule has 11 heteroatoms. The summed E-state index contributed by atoms with van der Waals surface area (Å²) in [5.74, 6) is -4.60. The Hall–Kier alpha value is -1.92. The van der Waals surface area contributed by atoms with Gasteiger partial charge in [-0.3, -0.25) is 4.79 Å². The third-order valence-corrected chi connectivity index (χ3v) is 3.09. The van der Waals surface area contributed by atoms with Gasteiger partial charge in [0, 0.05) is 0 Å². The van der Waals surface area contributed by atoms with Gasteiger partial charge in [-0.05, 0) is 38.8 Å². The second-order valence-electron chi connectivity index (χ2n) is 5.33. The van der Waals surface area contributed by atoms with Gasteiger partial charge in [-0.15, -0.1) is 0 Å². The Morgan fingerprint density at radius 2 is 1.24 bits per heavy atom. The van der Waals surface area contributed by atoms with E-state index in [1.54, 1.807) is 0 Å². The molecule has 0 aromatic carbocycles. The predicted octanol–water partition coefficient (Wildman–Crippen LogP) is -2.99. The van der Waals surface area contributed by atoms with Gasteiger partial charge < -0.3 is 37.5 Å².